The Kier molecular flexibility index (Phi) is 8.91. The van der Waals surface area contributed by atoms with Crippen LogP contribution in [-0.2, 0) is 14.4 Å². The number of thiocarbonyl (C=S) groups is 1. The van der Waals surface area contributed by atoms with Gasteiger partial charge in [0.25, 0.3) is 0 Å². The smallest absolute Gasteiger partial charge is 0.327 e. The Morgan fingerprint density at radius 2 is 1.52 bits per heavy atom. The summed E-state index contributed by atoms with van der Waals surface area (Å²) in [4.78, 5) is 32.8. The third-order valence-electron chi connectivity index (χ3n) is 2.54. The molecule has 132 valence electrons. The summed E-state index contributed by atoms with van der Waals surface area (Å²) in [5.41, 5.74) is 0. The monoisotopic (exact) mass is 366 g/mol. The quantitative estimate of drug-likeness (QED) is 0.372. The molecule has 0 radical (unpaired) electrons. The van der Waals surface area contributed by atoms with Crippen molar-refractivity contribution >= 4 is 47.0 Å². The van der Waals surface area contributed by atoms with Gasteiger partial charge in [0.1, 0.15) is 12.1 Å². The minimum Gasteiger partial charge on any atom is -0.481 e. The van der Waals surface area contributed by atoms with Gasteiger partial charge in [-0.05, 0) is 18.6 Å². The fourth-order valence-electron chi connectivity index (χ4n) is 1.39. The summed E-state index contributed by atoms with van der Waals surface area (Å²) in [7, 11) is 0. The Morgan fingerprint density at radius 3 is 1.91 bits per heavy atom. The molecule has 0 rings (SSSR count). The van der Waals surface area contributed by atoms with E-state index in [4.69, 9.17) is 22.4 Å². The lowest BCUT2D eigenvalue weighted by Gasteiger charge is -2.23. The fourth-order valence-corrected chi connectivity index (χ4v) is 2.57. The number of hydrogen-bond donors (Lipinski definition) is 5. The molecule has 0 fully saturated rings. The lowest BCUT2D eigenvalue weighted by molar-refractivity contribution is -0.140. The van der Waals surface area contributed by atoms with Crippen LogP contribution in [0.3, 0.4) is 0 Å². The van der Waals surface area contributed by atoms with Gasteiger partial charge in [0.05, 0.1) is 0 Å². The van der Waals surface area contributed by atoms with Crippen LogP contribution < -0.4 is 10.6 Å². The molecule has 10 heteroatoms. The first-order valence-electron chi connectivity index (χ1n) is 6.80. The van der Waals surface area contributed by atoms with E-state index in [1.165, 1.54) is 11.8 Å². The summed E-state index contributed by atoms with van der Waals surface area (Å²) >= 11 is 6.35. The standard InChI is InChI=1S/C13H22N2O6S2/c1-13(2,3)23-6-8(11(20)21)15-12(22)14-7(10(18)19)4-5-9(16)17/h7-8H,4-6H2,1-3H3,(H,16,17)(H,18,19)(H,20,21)(H2,14,15,22). The number of carboxylic acids is 3. The number of carbonyl (C=O) groups is 3. The molecular formula is C13H22N2O6S2. The second-order valence-corrected chi connectivity index (χ2v) is 8.01. The molecule has 8 nitrogen and oxygen atoms in total. The van der Waals surface area contributed by atoms with Crippen LogP contribution >= 0.6 is 24.0 Å². The molecule has 0 saturated heterocycles. The number of carboxylic acid groups (broad SMARTS) is 3. The Labute approximate surface area is 144 Å². The minimum absolute atomic E-state index is 0.129. The average Bonchev–Trinajstić information content (AvgIpc) is 2.37. The maximum Gasteiger partial charge on any atom is 0.327 e. The highest BCUT2D eigenvalue weighted by atomic mass is 32.2. The van der Waals surface area contributed by atoms with Crippen molar-refractivity contribution in [3.63, 3.8) is 0 Å². The molecule has 0 bridgehead atoms. The second kappa shape index (κ2) is 9.56. The van der Waals surface area contributed by atoms with Crippen LogP contribution in [0.15, 0.2) is 0 Å². The second-order valence-electron chi connectivity index (χ2n) is 5.76. The highest BCUT2D eigenvalue weighted by Crippen LogP contribution is 2.23. The fraction of sp³-hybridized carbons (Fsp3) is 0.692. The summed E-state index contributed by atoms with van der Waals surface area (Å²) < 4.78 is -0.129. The summed E-state index contributed by atoms with van der Waals surface area (Å²) in [5, 5.41) is 31.7. The van der Waals surface area contributed by atoms with Gasteiger partial charge < -0.3 is 26.0 Å². The van der Waals surface area contributed by atoms with Gasteiger partial charge in [-0.3, -0.25) is 4.79 Å². The third-order valence-corrected chi connectivity index (χ3v) is 4.14. The van der Waals surface area contributed by atoms with E-state index < -0.39 is 30.0 Å². The SMILES string of the molecule is CC(C)(C)SCC(NC(=S)NC(CCC(=O)O)C(=O)O)C(=O)O. The lowest BCUT2D eigenvalue weighted by atomic mass is 10.1. The van der Waals surface area contributed by atoms with Crippen LogP contribution in [0.5, 0.6) is 0 Å². The molecule has 2 unspecified atom stereocenters. The zero-order valence-electron chi connectivity index (χ0n) is 13.2. The van der Waals surface area contributed by atoms with Gasteiger partial charge in [-0.2, -0.15) is 11.8 Å². The molecule has 2 atom stereocenters. The molecule has 0 saturated carbocycles. The molecule has 0 heterocycles. The summed E-state index contributed by atoms with van der Waals surface area (Å²) in [6, 6.07) is -2.18. The molecule has 0 amide bonds. The molecule has 23 heavy (non-hydrogen) atoms. The molecule has 0 aromatic heterocycles. The average molecular weight is 366 g/mol. The first-order chi connectivity index (χ1) is 10.4. The van der Waals surface area contributed by atoms with E-state index in [-0.39, 0.29) is 28.5 Å². The summed E-state index contributed by atoms with van der Waals surface area (Å²) in [6.07, 6.45) is -0.504. The van der Waals surface area contributed by atoms with Gasteiger partial charge in [-0.15, -0.1) is 0 Å². The largest absolute Gasteiger partial charge is 0.481 e. The Balaban J connectivity index is 4.62. The van der Waals surface area contributed by atoms with Gasteiger partial charge >= 0.3 is 17.9 Å². The predicted molar refractivity (Wildman–Crippen MR) is 90.8 cm³/mol. The van der Waals surface area contributed by atoms with Crippen molar-refractivity contribution in [3.8, 4) is 0 Å². The topological polar surface area (TPSA) is 136 Å². The molecule has 0 aliphatic heterocycles. The van der Waals surface area contributed by atoms with E-state index in [9.17, 15) is 19.5 Å². The summed E-state index contributed by atoms with van der Waals surface area (Å²) in [5.74, 6) is -3.25. The highest BCUT2D eigenvalue weighted by Gasteiger charge is 2.24. The van der Waals surface area contributed by atoms with E-state index in [1.807, 2.05) is 20.8 Å². The van der Waals surface area contributed by atoms with Crippen molar-refractivity contribution < 1.29 is 29.7 Å². The summed E-state index contributed by atoms with van der Waals surface area (Å²) in [6.45, 7) is 5.83. The van der Waals surface area contributed by atoms with Crippen LogP contribution in [0.2, 0.25) is 0 Å². The first-order valence-corrected chi connectivity index (χ1v) is 8.20. The predicted octanol–water partition coefficient (Wildman–Crippen LogP) is 0.753. The number of rotatable bonds is 9. The van der Waals surface area contributed by atoms with E-state index in [1.54, 1.807) is 0 Å². The normalized spacial score (nSPS) is 13.7. The number of nitrogens with one attached hydrogen (secondary N) is 2. The van der Waals surface area contributed by atoms with Crippen molar-refractivity contribution in [2.75, 3.05) is 5.75 Å². The van der Waals surface area contributed by atoms with E-state index >= 15 is 0 Å². The van der Waals surface area contributed by atoms with Crippen LogP contribution in [-0.4, -0.2) is 60.9 Å². The Hall–Kier alpha value is -1.55. The molecule has 0 aromatic rings. The minimum atomic E-state index is -1.26. The van der Waals surface area contributed by atoms with Gasteiger partial charge in [0.2, 0.25) is 0 Å². The molecular weight excluding hydrogens is 344 g/mol. The van der Waals surface area contributed by atoms with Crippen molar-refractivity contribution in [2.24, 2.45) is 0 Å². The maximum atomic E-state index is 11.2. The maximum absolute atomic E-state index is 11.2. The third kappa shape index (κ3) is 10.7. The first kappa shape index (κ1) is 21.4. The molecule has 0 aromatic carbocycles. The van der Waals surface area contributed by atoms with Gasteiger partial charge in [0.15, 0.2) is 5.11 Å². The number of thioether (sulfide) groups is 1. The highest BCUT2D eigenvalue weighted by molar-refractivity contribution is 8.00. The molecule has 0 spiro atoms. The van der Waals surface area contributed by atoms with Crippen molar-refractivity contribution in [1.82, 2.24) is 10.6 Å². The van der Waals surface area contributed by atoms with E-state index in [2.05, 4.69) is 10.6 Å². The van der Waals surface area contributed by atoms with E-state index in [0.29, 0.717) is 0 Å². The van der Waals surface area contributed by atoms with Gasteiger partial charge in [-0.25, -0.2) is 9.59 Å². The van der Waals surface area contributed by atoms with Crippen LogP contribution in [0.1, 0.15) is 33.6 Å². The van der Waals surface area contributed by atoms with Crippen molar-refractivity contribution in [2.45, 2.75) is 50.4 Å². The van der Waals surface area contributed by atoms with Crippen molar-refractivity contribution in [1.29, 1.82) is 0 Å². The number of aliphatic carboxylic acids is 3. The Bertz CT molecular complexity index is 464. The van der Waals surface area contributed by atoms with Crippen LogP contribution in [0, 0.1) is 0 Å². The lowest BCUT2D eigenvalue weighted by Crippen LogP contribution is -2.52. The molecule has 5 N–H and O–H groups in total. The van der Waals surface area contributed by atoms with Crippen molar-refractivity contribution in [3.05, 3.63) is 0 Å². The molecule has 0 aliphatic rings. The number of hydrogen-bond acceptors (Lipinski definition) is 5. The van der Waals surface area contributed by atoms with Crippen LogP contribution in [0.4, 0.5) is 0 Å². The van der Waals surface area contributed by atoms with Crippen LogP contribution in [0.25, 0.3) is 0 Å². The van der Waals surface area contributed by atoms with E-state index in [0.717, 1.165) is 0 Å². The van der Waals surface area contributed by atoms with Gasteiger partial charge in [-0.1, -0.05) is 20.8 Å². The Morgan fingerprint density at radius 1 is 1.04 bits per heavy atom. The zero-order valence-corrected chi connectivity index (χ0v) is 14.8. The molecule has 0 aliphatic carbocycles. The van der Waals surface area contributed by atoms with Gasteiger partial charge in [0, 0.05) is 16.9 Å². The zero-order chi connectivity index (χ0) is 18.2.